The highest BCUT2D eigenvalue weighted by atomic mass is 32.2. The summed E-state index contributed by atoms with van der Waals surface area (Å²) in [6.45, 7) is 1.38. The maximum Gasteiger partial charge on any atom is 0.416 e. The van der Waals surface area contributed by atoms with Crippen molar-refractivity contribution in [3.63, 3.8) is 0 Å². The van der Waals surface area contributed by atoms with Crippen molar-refractivity contribution in [1.82, 2.24) is 18.9 Å². The number of aromatic nitrogens is 4. The predicted octanol–water partition coefficient (Wildman–Crippen LogP) is 3.58. The Morgan fingerprint density at radius 2 is 1.77 bits per heavy atom. The first kappa shape index (κ1) is 27.6. The van der Waals surface area contributed by atoms with Gasteiger partial charge in [0.1, 0.15) is 0 Å². The molecular weight excluding hydrogens is 539 g/mol. The van der Waals surface area contributed by atoms with Gasteiger partial charge in [-0.3, -0.25) is 18.5 Å². The summed E-state index contributed by atoms with van der Waals surface area (Å²) in [7, 11) is -4.43. The highest BCUT2D eigenvalue weighted by Gasteiger charge is 2.31. The van der Waals surface area contributed by atoms with Gasteiger partial charge in [-0.1, -0.05) is 6.07 Å². The zero-order valence-electron chi connectivity index (χ0n) is 20.2. The normalized spacial score (nSPS) is 12.7. The third kappa shape index (κ3) is 5.84. The molecule has 0 saturated heterocycles. The highest BCUT2D eigenvalue weighted by Crippen LogP contribution is 2.30. The Hall–Kier alpha value is -4.48. The fraction of sp³-hybridized carbons (Fsp3) is 0.200. The van der Waals surface area contributed by atoms with Crippen LogP contribution in [-0.2, 0) is 16.3 Å². The van der Waals surface area contributed by atoms with Gasteiger partial charge in [0.15, 0.2) is 0 Å². The van der Waals surface area contributed by atoms with Crippen molar-refractivity contribution >= 4 is 10.1 Å². The van der Waals surface area contributed by atoms with Crippen LogP contribution in [-0.4, -0.2) is 37.6 Å². The van der Waals surface area contributed by atoms with Crippen molar-refractivity contribution in [2.24, 2.45) is 0 Å². The number of halogens is 3. The summed E-state index contributed by atoms with van der Waals surface area (Å²) in [4.78, 5) is 27.1. The molecule has 0 aliphatic carbocycles. The molecule has 1 N–H and O–H groups in total. The van der Waals surface area contributed by atoms with Crippen LogP contribution >= 0.6 is 0 Å². The van der Waals surface area contributed by atoms with Crippen molar-refractivity contribution in [3.8, 4) is 28.7 Å². The zero-order valence-corrected chi connectivity index (χ0v) is 21.0. The minimum absolute atomic E-state index is 0.118. The smallest absolute Gasteiger partial charge is 0.286 e. The Balaban J connectivity index is 1.97. The topological polar surface area (TPSA) is 140 Å². The number of nitrogens with zero attached hydrogens (tertiary/aromatic N) is 5. The first-order chi connectivity index (χ1) is 18.3. The van der Waals surface area contributed by atoms with E-state index in [1.54, 1.807) is 12.1 Å². The Morgan fingerprint density at radius 3 is 2.38 bits per heavy atom. The van der Waals surface area contributed by atoms with E-state index in [0.717, 1.165) is 33.5 Å². The largest absolute Gasteiger partial charge is 0.416 e. The van der Waals surface area contributed by atoms with Crippen molar-refractivity contribution in [2.75, 3.05) is 5.75 Å². The minimum atomic E-state index is -4.70. The first-order valence-corrected chi connectivity index (χ1v) is 13.0. The van der Waals surface area contributed by atoms with Gasteiger partial charge in [0.05, 0.1) is 51.8 Å². The second-order valence-corrected chi connectivity index (χ2v) is 10.2. The zero-order chi connectivity index (χ0) is 28.5. The minimum Gasteiger partial charge on any atom is -0.286 e. The van der Waals surface area contributed by atoms with Gasteiger partial charge in [-0.25, -0.2) is 9.48 Å². The van der Waals surface area contributed by atoms with Gasteiger partial charge < -0.3 is 0 Å². The van der Waals surface area contributed by atoms with Crippen LogP contribution in [0.15, 0.2) is 76.6 Å². The molecular formula is C25H20F3N5O5S. The van der Waals surface area contributed by atoms with Gasteiger partial charge in [0, 0.05) is 12.2 Å². The number of rotatable bonds is 7. The van der Waals surface area contributed by atoms with Gasteiger partial charge in [-0.05, 0) is 61.9 Å². The lowest BCUT2D eigenvalue weighted by Crippen LogP contribution is -2.42. The van der Waals surface area contributed by atoms with E-state index in [4.69, 9.17) is 9.81 Å². The fourth-order valence-electron chi connectivity index (χ4n) is 3.99. The number of hydrogen-bond acceptors (Lipinski definition) is 6. The molecule has 4 rings (SSSR count). The lowest BCUT2D eigenvalue weighted by atomic mass is 10.1. The number of hydrogen-bond donors (Lipinski definition) is 1. The average molecular weight is 560 g/mol. The van der Waals surface area contributed by atoms with Crippen LogP contribution in [0.4, 0.5) is 13.2 Å². The van der Waals surface area contributed by atoms with Crippen molar-refractivity contribution in [1.29, 1.82) is 5.26 Å². The standard InChI is InChI=1S/C25H20F3N5O5S/c1-16(10-12-39(36,37)38)32-23(34)21(22-9-11-30-33(22)19-7-5-17(14-29)6-8-19)15-31(24(32)35)20-4-2-3-18(13-20)25(26,27)28/h2-9,11,13,15-16H,10,12H2,1H3,(H,36,37,38). The molecule has 202 valence electrons. The van der Waals surface area contributed by atoms with Crippen LogP contribution < -0.4 is 11.2 Å². The van der Waals surface area contributed by atoms with E-state index in [0.29, 0.717) is 11.3 Å². The molecule has 0 bridgehead atoms. The molecule has 14 heteroatoms. The van der Waals surface area contributed by atoms with E-state index in [1.165, 1.54) is 42.1 Å². The number of benzene rings is 2. The molecule has 0 aliphatic rings. The Labute approximate surface area is 219 Å². The molecule has 10 nitrogen and oxygen atoms in total. The average Bonchev–Trinajstić information content (AvgIpc) is 3.36. The predicted molar refractivity (Wildman–Crippen MR) is 134 cm³/mol. The molecule has 0 amide bonds. The van der Waals surface area contributed by atoms with Crippen LogP contribution in [0.5, 0.6) is 0 Å². The second-order valence-electron chi connectivity index (χ2n) is 8.63. The van der Waals surface area contributed by atoms with Gasteiger partial charge in [-0.15, -0.1) is 0 Å². The molecule has 2 aromatic heterocycles. The van der Waals surface area contributed by atoms with Crippen LogP contribution in [0.3, 0.4) is 0 Å². The van der Waals surface area contributed by atoms with Crippen LogP contribution in [0.1, 0.15) is 30.5 Å². The molecule has 0 spiro atoms. The molecule has 2 aromatic carbocycles. The summed E-state index contributed by atoms with van der Waals surface area (Å²) in [6.07, 6.45) is -2.55. The van der Waals surface area contributed by atoms with Gasteiger partial charge in [0.25, 0.3) is 15.7 Å². The van der Waals surface area contributed by atoms with E-state index < -0.39 is 44.9 Å². The number of nitriles is 1. The van der Waals surface area contributed by atoms with E-state index in [9.17, 15) is 31.2 Å². The first-order valence-electron chi connectivity index (χ1n) is 11.4. The Morgan fingerprint density at radius 1 is 1.08 bits per heavy atom. The maximum atomic E-state index is 13.6. The van der Waals surface area contributed by atoms with Gasteiger partial charge in [0.2, 0.25) is 0 Å². The fourth-order valence-corrected chi connectivity index (χ4v) is 4.63. The summed E-state index contributed by atoms with van der Waals surface area (Å²) >= 11 is 0. The van der Waals surface area contributed by atoms with E-state index in [-0.39, 0.29) is 23.4 Å². The summed E-state index contributed by atoms with van der Waals surface area (Å²) < 4.78 is 75.0. The third-order valence-corrected chi connectivity index (χ3v) is 6.72. The lowest BCUT2D eigenvalue weighted by molar-refractivity contribution is -0.137. The third-order valence-electron chi connectivity index (χ3n) is 5.97. The Bertz CT molecular complexity index is 1800. The molecule has 2 heterocycles. The lowest BCUT2D eigenvalue weighted by Gasteiger charge is -2.19. The van der Waals surface area contributed by atoms with E-state index >= 15 is 0 Å². The van der Waals surface area contributed by atoms with Gasteiger partial charge in [-0.2, -0.15) is 31.9 Å². The van der Waals surface area contributed by atoms with Crippen molar-refractivity contribution < 1.29 is 26.1 Å². The summed E-state index contributed by atoms with van der Waals surface area (Å²) in [5, 5.41) is 13.3. The van der Waals surface area contributed by atoms with Crippen LogP contribution in [0.2, 0.25) is 0 Å². The van der Waals surface area contributed by atoms with Crippen LogP contribution in [0, 0.1) is 11.3 Å². The molecule has 1 atom stereocenters. The monoisotopic (exact) mass is 559 g/mol. The molecule has 1 unspecified atom stereocenters. The Kier molecular flexibility index (Phi) is 7.31. The summed E-state index contributed by atoms with van der Waals surface area (Å²) in [5.41, 5.74) is -2.16. The van der Waals surface area contributed by atoms with Crippen molar-refractivity contribution in [2.45, 2.75) is 25.6 Å². The maximum absolute atomic E-state index is 13.6. The van der Waals surface area contributed by atoms with Crippen molar-refractivity contribution in [3.05, 3.63) is 99.0 Å². The SMILES string of the molecule is CC(CCS(=O)(=O)O)n1c(=O)c(-c2ccnn2-c2ccc(C#N)cc2)cn(-c2cccc(C(F)(F)F)c2)c1=O. The molecule has 0 saturated carbocycles. The molecule has 0 fully saturated rings. The van der Waals surface area contributed by atoms with E-state index in [2.05, 4.69) is 5.10 Å². The second kappa shape index (κ2) is 10.4. The molecule has 0 aliphatic heterocycles. The quantitative estimate of drug-likeness (QED) is 0.341. The molecule has 0 radical (unpaired) electrons. The molecule has 4 aromatic rings. The highest BCUT2D eigenvalue weighted by molar-refractivity contribution is 7.85. The summed E-state index contributed by atoms with van der Waals surface area (Å²) in [5.74, 6) is -0.753. The summed E-state index contributed by atoms with van der Waals surface area (Å²) in [6, 6.07) is 12.5. The van der Waals surface area contributed by atoms with Crippen LogP contribution in [0.25, 0.3) is 22.6 Å². The van der Waals surface area contributed by atoms with Gasteiger partial charge >= 0.3 is 11.9 Å². The van der Waals surface area contributed by atoms with E-state index in [1.807, 2.05) is 6.07 Å². The number of alkyl halides is 3. The molecule has 39 heavy (non-hydrogen) atoms.